The summed E-state index contributed by atoms with van der Waals surface area (Å²) in [5, 5.41) is 14.8. The van der Waals surface area contributed by atoms with Crippen LogP contribution in [0, 0.1) is 6.92 Å². The van der Waals surface area contributed by atoms with Gasteiger partial charge in [-0.25, -0.2) is 9.59 Å². The predicted molar refractivity (Wildman–Crippen MR) is 94.0 cm³/mol. The Balaban J connectivity index is 2.03. The number of aromatic nitrogens is 2. The summed E-state index contributed by atoms with van der Waals surface area (Å²) in [6, 6.07) is 7.30. The van der Waals surface area contributed by atoms with E-state index in [-0.39, 0.29) is 13.0 Å². The first-order valence-corrected chi connectivity index (χ1v) is 8.37. The number of hydrogen-bond donors (Lipinski definition) is 1. The lowest BCUT2D eigenvalue weighted by Crippen LogP contribution is -2.38. The lowest BCUT2D eigenvalue weighted by molar-refractivity contribution is -0.173. The number of nitrogens with zero attached hydrogens (tertiary/aromatic N) is 2. The lowest BCUT2D eigenvalue weighted by Gasteiger charge is -2.19. The van der Waals surface area contributed by atoms with Crippen molar-refractivity contribution in [3.63, 3.8) is 0 Å². The number of halogens is 1. The van der Waals surface area contributed by atoms with E-state index in [2.05, 4.69) is 5.10 Å². The number of aliphatic hydroxyl groups is 1. The highest BCUT2D eigenvalue weighted by Gasteiger charge is 2.32. The second kappa shape index (κ2) is 7.80. The molecule has 1 heterocycles. The molecule has 0 radical (unpaired) electrons. The average Bonchev–Trinajstić information content (AvgIpc) is 2.94. The molecule has 2 rings (SSSR count). The number of esters is 2. The molecule has 7 heteroatoms. The fourth-order valence-corrected chi connectivity index (χ4v) is 2.74. The normalized spacial score (nSPS) is 13.3. The number of aryl methyl sites for hydroxylation is 1. The number of carbonyl (C=O) groups excluding carboxylic acids is 2. The Labute approximate surface area is 151 Å². The van der Waals surface area contributed by atoms with E-state index in [9.17, 15) is 14.7 Å². The summed E-state index contributed by atoms with van der Waals surface area (Å²) in [5.41, 5.74) is 0.819. The molecule has 0 fully saturated rings. The van der Waals surface area contributed by atoms with E-state index in [4.69, 9.17) is 16.3 Å². The van der Waals surface area contributed by atoms with E-state index < -0.39 is 17.5 Å². The maximum atomic E-state index is 11.9. The van der Waals surface area contributed by atoms with Crippen molar-refractivity contribution in [2.24, 2.45) is 0 Å². The Bertz CT molecular complexity index is 763. The van der Waals surface area contributed by atoms with Crippen molar-refractivity contribution in [1.29, 1.82) is 0 Å². The molecule has 134 valence electrons. The van der Waals surface area contributed by atoms with Gasteiger partial charge in [0.05, 0.1) is 5.69 Å². The van der Waals surface area contributed by atoms with Gasteiger partial charge < -0.3 is 9.84 Å². The van der Waals surface area contributed by atoms with Crippen LogP contribution in [0.1, 0.15) is 32.3 Å². The zero-order chi connectivity index (χ0) is 18.6. The quantitative estimate of drug-likeness (QED) is 0.629. The smallest absolute Gasteiger partial charge is 0.345 e. The van der Waals surface area contributed by atoms with Crippen molar-refractivity contribution in [1.82, 2.24) is 9.78 Å². The lowest BCUT2D eigenvalue weighted by atomic mass is 10.0. The van der Waals surface area contributed by atoms with E-state index in [1.807, 2.05) is 26.0 Å². The average molecular weight is 365 g/mol. The summed E-state index contributed by atoms with van der Waals surface area (Å²) in [4.78, 5) is 23.7. The Kier molecular flexibility index (Phi) is 5.98. The van der Waals surface area contributed by atoms with Crippen molar-refractivity contribution in [2.75, 3.05) is 0 Å². The molecule has 0 aliphatic carbocycles. The summed E-state index contributed by atoms with van der Waals surface area (Å²) in [7, 11) is 0. The van der Waals surface area contributed by atoms with Crippen LogP contribution in [-0.4, -0.2) is 32.4 Å². The molecule has 0 bridgehead atoms. The number of rotatable bonds is 6. The fraction of sp³-hybridized carbons (Fsp3) is 0.389. The Morgan fingerprint density at radius 1 is 1.36 bits per heavy atom. The number of benzene rings is 1. The van der Waals surface area contributed by atoms with Crippen LogP contribution in [-0.2, 0) is 20.9 Å². The van der Waals surface area contributed by atoms with Gasteiger partial charge in [-0.3, -0.25) is 4.68 Å². The van der Waals surface area contributed by atoms with Crippen molar-refractivity contribution < 1.29 is 19.4 Å². The second-order valence-corrected chi connectivity index (χ2v) is 6.64. The first-order chi connectivity index (χ1) is 11.7. The number of ether oxygens (including phenoxy) is 1. The molecule has 6 nitrogen and oxygen atoms in total. The van der Waals surface area contributed by atoms with Crippen molar-refractivity contribution in [3.8, 4) is 11.3 Å². The van der Waals surface area contributed by atoms with Crippen LogP contribution < -0.4 is 0 Å². The van der Waals surface area contributed by atoms with Crippen LogP contribution >= 0.6 is 11.6 Å². The monoisotopic (exact) mass is 364 g/mol. The molecule has 1 N–H and O–H groups in total. The highest BCUT2D eigenvalue weighted by Crippen LogP contribution is 2.23. The summed E-state index contributed by atoms with van der Waals surface area (Å²) < 4.78 is 6.09. The molecule has 0 spiro atoms. The summed E-state index contributed by atoms with van der Waals surface area (Å²) >= 11 is 6.05. The molecule has 1 aromatic heterocycles. The van der Waals surface area contributed by atoms with Crippen molar-refractivity contribution >= 4 is 23.5 Å². The van der Waals surface area contributed by atoms with Crippen LogP contribution in [0.25, 0.3) is 11.3 Å². The molecule has 1 unspecified atom stereocenters. The zero-order valence-electron chi connectivity index (χ0n) is 14.5. The molecular weight excluding hydrogens is 344 g/mol. The Morgan fingerprint density at radius 3 is 2.72 bits per heavy atom. The van der Waals surface area contributed by atoms with E-state index >= 15 is 0 Å². The Morgan fingerprint density at radius 2 is 2.08 bits per heavy atom. The summed E-state index contributed by atoms with van der Waals surface area (Å²) in [5.74, 6) is -1.73. The van der Waals surface area contributed by atoms with Gasteiger partial charge in [-0.2, -0.15) is 5.10 Å². The van der Waals surface area contributed by atoms with Crippen LogP contribution in [0.3, 0.4) is 0 Å². The molecule has 0 amide bonds. The van der Waals surface area contributed by atoms with Gasteiger partial charge in [0.15, 0.2) is 5.60 Å². The van der Waals surface area contributed by atoms with Crippen LogP contribution in [0.15, 0.2) is 30.5 Å². The second-order valence-electron chi connectivity index (χ2n) is 6.20. The van der Waals surface area contributed by atoms with E-state index in [1.165, 1.54) is 11.6 Å². The van der Waals surface area contributed by atoms with Crippen molar-refractivity contribution in [2.45, 2.75) is 45.8 Å². The van der Waals surface area contributed by atoms with Crippen molar-refractivity contribution in [3.05, 3.63) is 41.0 Å². The standard InChI is InChI=1S/C18H21ClN2O4/c1-4-6-18(3,24)17(23)25-16(22)11-21-7-5-15(20-21)13-8-12(2)9-14(19)10-13/h5,7-10,24H,4,6,11H2,1-3H3. The highest BCUT2D eigenvalue weighted by molar-refractivity contribution is 6.30. The molecule has 1 atom stereocenters. The minimum Gasteiger partial charge on any atom is -0.390 e. The minimum atomic E-state index is -1.67. The third-order valence-electron chi connectivity index (χ3n) is 3.65. The topological polar surface area (TPSA) is 81.4 Å². The van der Waals surface area contributed by atoms with Gasteiger partial charge in [-0.15, -0.1) is 0 Å². The third kappa shape index (κ3) is 5.14. The number of carbonyl (C=O) groups is 2. The fourth-order valence-electron chi connectivity index (χ4n) is 2.45. The van der Waals surface area contributed by atoms with Crippen LogP contribution in [0.2, 0.25) is 5.02 Å². The van der Waals surface area contributed by atoms with Gasteiger partial charge in [0.2, 0.25) is 0 Å². The maximum Gasteiger partial charge on any atom is 0.345 e. The molecular formula is C18H21ClN2O4. The summed E-state index contributed by atoms with van der Waals surface area (Å²) in [6.45, 7) is 4.86. The zero-order valence-corrected chi connectivity index (χ0v) is 15.2. The minimum absolute atomic E-state index is 0.221. The molecule has 1 aromatic carbocycles. The molecule has 25 heavy (non-hydrogen) atoms. The van der Waals surface area contributed by atoms with Gasteiger partial charge in [-0.05, 0) is 50.1 Å². The van der Waals surface area contributed by atoms with E-state index in [0.717, 1.165) is 11.1 Å². The first kappa shape index (κ1) is 19.1. The molecule has 2 aromatic rings. The van der Waals surface area contributed by atoms with Gasteiger partial charge in [0, 0.05) is 16.8 Å². The van der Waals surface area contributed by atoms with E-state index in [0.29, 0.717) is 17.1 Å². The molecule has 0 saturated carbocycles. The Hall–Kier alpha value is -2.18. The molecule has 0 aliphatic heterocycles. The third-order valence-corrected chi connectivity index (χ3v) is 3.87. The van der Waals surface area contributed by atoms with Crippen LogP contribution in [0.4, 0.5) is 0 Å². The van der Waals surface area contributed by atoms with Gasteiger partial charge >= 0.3 is 11.9 Å². The van der Waals surface area contributed by atoms with E-state index in [1.54, 1.807) is 18.3 Å². The van der Waals surface area contributed by atoms with Gasteiger partial charge in [0.1, 0.15) is 6.54 Å². The molecule has 0 aliphatic rings. The predicted octanol–water partition coefficient (Wildman–Crippen LogP) is 3.13. The van der Waals surface area contributed by atoms with Gasteiger partial charge in [-0.1, -0.05) is 24.9 Å². The molecule has 0 saturated heterocycles. The highest BCUT2D eigenvalue weighted by atomic mass is 35.5. The largest absolute Gasteiger partial charge is 0.390 e. The summed E-state index contributed by atoms with van der Waals surface area (Å²) in [6.07, 6.45) is 2.43. The van der Waals surface area contributed by atoms with Gasteiger partial charge in [0.25, 0.3) is 0 Å². The first-order valence-electron chi connectivity index (χ1n) is 8.00. The number of hydrogen-bond acceptors (Lipinski definition) is 5. The SMILES string of the molecule is CCCC(C)(O)C(=O)OC(=O)Cn1ccc(-c2cc(C)cc(Cl)c2)n1. The van der Waals surface area contributed by atoms with Crippen LogP contribution in [0.5, 0.6) is 0 Å². The maximum absolute atomic E-state index is 11.9.